The third-order valence-electron chi connectivity index (χ3n) is 4.55. The van der Waals surface area contributed by atoms with Crippen LogP contribution in [0.2, 0.25) is 0 Å². The molecule has 0 aromatic rings. The Morgan fingerprint density at radius 2 is 1.16 bits per heavy atom. The summed E-state index contributed by atoms with van der Waals surface area (Å²) in [5.74, 6) is -2.23. The first-order chi connectivity index (χ1) is 11.9. The molecule has 0 aromatic carbocycles. The van der Waals surface area contributed by atoms with Gasteiger partial charge in [-0.25, -0.2) is 0 Å². The fraction of sp³-hybridized carbons (Fsp3) is 0.700. The van der Waals surface area contributed by atoms with Crippen LogP contribution in [0.25, 0.3) is 0 Å². The van der Waals surface area contributed by atoms with Gasteiger partial charge in [-0.2, -0.15) is 0 Å². The van der Waals surface area contributed by atoms with Crippen molar-refractivity contribution in [1.82, 2.24) is 4.90 Å². The summed E-state index contributed by atoms with van der Waals surface area (Å²) >= 11 is 0. The third kappa shape index (κ3) is 6.65. The van der Waals surface area contributed by atoms with E-state index < -0.39 is 23.1 Å². The number of rotatable bonds is 12. The first kappa shape index (κ1) is 21.4. The average molecular weight is 351 g/mol. The summed E-state index contributed by atoms with van der Waals surface area (Å²) in [4.78, 5) is 26.1. The van der Waals surface area contributed by atoms with Crippen molar-refractivity contribution in [1.29, 1.82) is 0 Å². The van der Waals surface area contributed by atoms with E-state index in [1.807, 2.05) is 0 Å². The minimum absolute atomic E-state index is 0.0247. The van der Waals surface area contributed by atoms with Crippen LogP contribution in [-0.2, 0) is 9.59 Å². The van der Waals surface area contributed by atoms with Crippen LogP contribution in [0.5, 0.6) is 0 Å². The van der Waals surface area contributed by atoms with Crippen LogP contribution < -0.4 is 0 Å². The van der Waals surface area contributed by atoms with Gasteiger partial charge in [0, 0.05) is 12.1 Å². The molecule has 0 aromatic heterocycles. The number of carbonyl (C=O) groups excluding carboxylic acids is 2. The predicted molar refractivity (Wildman–Crippen MR) is 99.7 cm³/mol. The van der Waals surface area contributed by atoms with Gasteiger partial charge in [0.25, 0.3) is 0 Å². The van der Waals surface area contributed by atoms with Crippen molar-refractivity contribution >= 4 is 11.6 Å². The summed E-state index contributed by atoms with van der Waals surface area (Å²) in [5.41, 5.74) is 0.0382. The summed E-state index contributed by atoms with van der Waals surface area (Å²) < 4.78 is 0. The van der Waals surface area contributed by atoms with E-state index in [0.29, 0.717) is 6.42 Å². The van der Waals surface area contributed by atoms with E-state index in [2.05, 4.69) is 6.92 Å². The Hall–Kier alpha value is -1.62. The Bertz CT molecular complexity index is 532. The molecule has 1 aliphatic rings. The average Bonchev–Trinajstić information content (AvgIpc) is 2.58. The molecule has 5 heteroatoms. The van der Waals surface area contributed by atoms with Gasteiger partial charge < -0.3 is 15.1 Å². The standard InChI is InChI=1S/C20H33NO4/c1-4-5-6-7-8-9-10-11-12-13-15-17(22)19(24)16(14-21(2)3)20(25)18(15)23/h22,25H,4-14H2,1-3H3. The number of nitrogens with zero attached hydrogens (tertiary/aromatic N) is 1. The lowest BCUT2D eigenvalue weighted by Gasteiger charge is -2.20. The molecule has 0 spiro atoms. The first-order valence-electron chi connectivity index (χ1n) is 9.48. The van der Waals surface area contributed by atoms with Crippen LogP contribution in [0.1, 0.15) is 71.1 Å². The van der Waals surface area contributed by atoms with Crippen molar-refractivity contribution in [2.75, 3.05) is 20.6 Å². The van der Waals surface area contributed by atoms with E-state index in [1.54, 1.807) is 19.0 Å². The van der Waals surface area contributed by atoms with Crippen molar-refractivity contribution in [3.8, 4) is 0 Å². The maximum absolute atomic E-state index is 12.2. The predicted octanol–water partition coefficient (Wildman–Crippen LogP) is 4.24. The molecule has 0 fully saturated rings. The van der Waals surface area contributed by atoms with Crippen molar-refractivity contribution in [3.05, 3.63) is 22.7 Å². The van der Waals surface area contributed by atoms with Crippen LogP contribution in [0.15, 0.2) is 22.7 Å². The number of aliphatic hydroxyl groups excluding tert-OH is 2. The van der Waals surface area contributed by atoms with Gasteiger partial charge in [-0.05, 0) is 26.9 Å². The number of allylic oxidation sites excluding steroid dienone is 2. The molecule has 0 saturated heterocycles. The van der Waals surface area contributed by atoms with Crippen LogP contribution in [0, 0.1) is 0 Å². The SMILES string of the molecule is CCCCCCCCCCCC1=C(O)C(=O)C(CN(C)C)=C(O)C1=O. The zero-order valence-corrected chi connectivity index (χ0v) is 15.9. The topological polar surface area (TPSA) is 77.8 Å². The number of Topliss-reactive ketones (excluding diaryl/α,β-unsaturated/α-hetero) is 2. The maximum Gasteiger partial charge on any atom is 0.228 e. The summed E-state index contributed by atoms with van der Waals surface area (Å²) in [5, 5.41) is 20.1. The Morgan fingerprint density at radius 3 is 1.68 bits per heavy atom. The number of carbonyl (C=O) groups is 2. The van der Waals surface area contributed by atoms with E-state index in [-0.39, 0.29) is 17.7 Å². The zero-order chi connectivity index (χ0) is 18.8. The minimum Gasteiger partial charge on any atom is -0.504 e. The Labute approximate surface area is 151 Å². The molecular formula is C20H33NO4. The van der Waals surface area contributed by atoms with Crippen LogP contribution >= 0.6 is 0 Å². The van der Waals surface area contributed by atoms with Gasteiger partial charge in [0.15, 0.2) is 11.5 Å². The first-order valence-corrected chi connectivity index (χ1v) is 9.48. The number of aliphatic hydroxyl groups is 2. The Morgan fingerprint density at radius 1 is 0.720 bits per heavy atom. The monoisotopic (exact) mass is 351 g/mol. The van der Waals surface area contributed by atoms with E-state index in [4.69, 9.17) is 0 Å². The summed E-state index contributed by atoms with van der Waals surface area (Å²) in [7, 11) is 3.47. The molecule has 0 saturated carbocycles. The van der Waals surface area contributed by atoms with Crippen molar-refractivity contribution in [2.24, 2.45) is 0 Å². The van der Waals surface area contributed by atoms with Gasteiger partial charge in [0.2, 0.25) is 11.6 Å². The molecule has 0 radical (unpaired) electrons. The van der Waals surface area contributed by atoms with Crippen molar-refractivity contribution < 1.29 is 19.8 Å². The molecule has 0 atom stereocenters. The summed E-state index contributed by atoms with van der Waals surface area (Å²) in [6, 6.07) is 0. The van der Waals surface area contributed by atoms with Crippen LogP contribution in [-0.4, -0.2) is 47.3 Å². The summed E-state index contributed by atoms with van der Waals surface area (Å²) in [6.45, 7) is 2.34. The van der Waals surface area contributed by atoms with E-state index >= 15 is 0 Å². The second kappa shape index (κ2) is 11.1. The number of ketones is 2. The van der Waals surface area contributed by atoms with Gasteiger partial charge in [-0.1, -0.05) is 58.3 Å². The molecule has 0 heterocycles. The van der Waals surface area contributed by atoms with Crippen molar-refractivity contribution in [3.63, 3.8) is 0 Å². The Balaban J connectivity index is 2.42. The quantitative estimate of drug-likeness (QED) is 0.406. The fourth-order valence-electron chi connectivity index (χ4n) is 3.08. The number of likely N-dealkylation sites (N-methyl/N-ethyl adjacent to an activating group) is 1. The molecule has 1 aliphatic carbocycles. The highest BCUT2D eigenvalue weighted by atomic mass is 16.3. The lowest BCUT2D eigenvalue weighted by Crippen LogP contribution is -2.30. The lowest BCUT2D eigenvalue weighted by atomic mass is 9.90. The number of hydrogen-bond donors (Lipinski definition) is 2. The van der Waals surface area contributed by atoms with Gasteiger partial charge in [0.1, 0.15) is 0 Å². The maximum atomic E-state index is 12.2. The molecule has 25 heavy (non-hydrogen) atoms. The van der Waals surface area contributed by atoms with Crippen LogP contribution in [0.4, 0.5) is 0 Å². The number of unbranched alkanes of at least 4 members (excludes halogenated alkanes) is 8. The normalized spacial score (nSPS) is 15.7. The molecule has 0 bridgehead atoms. The van der Waals surface area contributed by atoms with E-state index in [1.165, 1.54) is 38.5 Å². The molecule has 1 rings (SSSR count). The van der Waals surface area contributed by atoms with Gasteiger partial charge in [0.05, 0.1) is 5.57 Å². The highest BCUT2D eigenvalue weighted by Crippen LogP contribution is 2.26. The smallest absolute Gasteiger partial charge is 0.228 e. The van der Waals surface area contributed by atoms with Gasteiger partial charge >= 0.3 is 0 Å². The van der Waals surface area contributed by atoms with E-state index in [0.717, 1.165) is 19.3 Å². The van der Waals surface area contributed by atoms with Gasteiger partial charge in [-0.15, -0.1) is 0 Å². The second-order valence-electron chi connectivity index (χ2n) is 7.13. The highest BCUT2D eigenvalue weighted by Gasteiger charge is 2.34. The minimum atomic E-state index is -0.628. The molecule has 0 aliphatic heterocycles. The second-order valence-corrected chi connectivity index (χ2v) is 7.13. The number of hydrogen-bond acceptors (Lipinski definition) is 5. The molecular weight excluding hydrogens is 318 g/mol. The van der Waals surface area contributed by atoms with Crippen LogP contribution in [0.3, 0.4) is 0 Å². The van der Waals surface area contributed by atoms with Crippen molar-refractivity contribution in [2.45, 2.75) is 71.1 Å². The third-order valence-corrected chi connectivity index (χ3v) is 4.55. The molecule has 0 amide bonds. The molecule has 5 nitrogen and oxygen atoms in total. The largest absolute Gasteiger partial charge is 0.504 e. The van der Waals surface area contributed by atoms with Gasteiger partial charge in [-0.3, -0.25) is 9.59 Å². The Kier molecular flexibility index (Phi) is 9.50. The molecule has 0 unspecified atom stereocenters. The molecule has 142 valence electrons. The highest BCUT2D eigenvalue weighted by molar-refractivity contribution is 6.23. The van der Waals surface area contributed by atoms with E-state index in [9.17, 15) is 19.8 Å². The summed E-state index contributed by atoms with van der Waals surface area (Å²) in [6.07, 6.45) is 10.7. The lowest BCUT2D eigenvalue weighted by molar-refractivity contribution is -0.120. The fourth-order valence-corrected chi connectivity index (χ4v) is 3.08. The zero-order valence-electron chi connectivity index (χ0n) is 15.9. The molecule has 2 N–H and O–H groups in total.